The molecule has 1 aromatic carbocycles. The number of rotatable bonds is 3. The average molecular weight is 395 g/mol. The lowest BCUT2D eigenvalue weighted by Crippen LogP contribution is -2.10. The second-order valence-electron chi connectivity index (χ2n) is 7.76. The molecule has 3 N–H and O–H groups in total. The summed E-state index contributed by atoms with van der Waals surface area (Å²) in [6, 6.07) is 8.28. The highest BCUT2D eigenvalue weighted by Gasteiger charge is 2.17. The number of thiazole rings is 1. The van der Waals surface area contributed by atoms with E-state index in [9.17, 15) is 0 Å². The molecule has 4 aromatic rings. The minimum atomic E-state index is 0.0960. The zero-order chi connectivity index (χ0) is 20.1. The van der Waals surface area contributed by atoms with Crippen LogP contribution in [-0.4, -0.2) is 20.1 Å². The number of nitrogen functional groups attached to an aromatic ring is 1. The molecule has 3 heterocycles. The predicted molar refractivity (Wildman–Crippen MR) is 113 cm³/mol. The van der Waals surface area contributed by atoms with Gasteiger partial charge in [0.25, 0.3) is 0 Å². The van der Waals surface area contributed by atoms with Crippen LogP contribution in [0.2, 0.25) is 0 Å². The smallest absolute Gasteiger partial charge is 0.190 e. The fraction of sp³-hybridized carbons (Fsp3) is 0.300. The van der Waals surface area contributed by atoms with E-state index in [0.29, 0.717) is 28.1 Å². The third-order valence-electron chi connectivity index (χ3n) is 4.56. The lowest BCUT2D eigenvalue weighted by Gasteiger charge is -2.18. The van der Waals surface area contributed by atoms with Gasteiger partial charge in [-0.05, 0) is 24.8 Å². The zero-order valence-electron chi connectivity index (χ0n) is 16.5. The fourth-order valence-electron chi connectivity index (χ4n) is 2.91. The van der Waals surface area contributed by atoms with Crippen LogP contribution in [0.5, 0.6) is 0 Å². The molecule has 28 heavy (non-hydrogen) atoms. The maximum Gasteiger partial charge on any atom is 0.190 e. The van der Waals surface area contributed by atoms with Gasteiger partial charge in [-0.3, -0.25) is 0 Å². The lowest BCUT2D eigenvalue weighted by molar-refractivity contribution is 0.393. The van der Waals surface area contributed by atoms with Gasteiger partial charge in [0, 0.05) is 5.56 Å². The molecule has 8 heteroatoms. The molecule has 0 bridgehead atoms. The summed E-state index contributed by atoms with van der Waals surface area (Å²) < 4.78 is 5.19. The number of benzene rings is 1. The van der Waals surface area contributed by atoms with Crippen LogP contribution in [0.4, 0.5) is 16.6 Å². The Kier molecular flexibility index (Phi) is 4.30. The molecule has 3 aromatic heterocycles. The summed E-state index contributed by atoms with van der Waals surface area (Å²) in [5, 5.41) is 7.87. The van der Waals surface area contributed by atoms with E-state index < -0.39 is 0 Å². The number of anilines is 3. The van der Waals surface area contributed by atoms with Crippen molar-refractivity contribution in [2.75, 3.05) is 11.1 Å². The molecule has 0 fully saturated rings. The first-order valence-corrected chi connectivity index (χ1v) is 9.79. The first-order valence-electron chi connectivity index (χ1n) is 8.97. The van der Waals surface area contributed by atoms with Gasteiger partial charge in [-0.1, -0.05) is 61.5 Å². The summed E-state index contributed by atoms with van der Waals surface area (Å²) in [6.45, 7) is 10.3. The fourth-order valence-corrected chi connectivity index (χ4v) is 3.77. The molecule has 0 aliphatic heterocycles. The van der Waals surface area contributed by atoms with Crippen LogP contribution in [0.25, 0.3) is 21.7 Å². The Bertz CT molecular complexity index is 1130. The number of nitrogens with one attached hydrogen (secondary N) is 1. The number of hydrogen-bond donors (Lipinski definition) is 2. The van der Waals surface area contributed by atoms with E-state index >= 15 is 0 Å². The minimum absolute atomic E-state index is 0.0960. The largest absolute Gasteiger partial charge is 0.382 e. The lowest BCUT2D eigenvalue weighted by atomic mass is 9.87. The van der Waals surface area contributed by atoms with Crippen molar-refractivity contribution in [2.24, 2.45) is 0 Å². The highest BCUT2D eigenvalue weighted by atomic mass is 32.1. The van der Waals surface area contributed by atoms with E-state index in [4.69, 9.17) is 10.3 Å². The second-order valence-corrected chi connectivity index (χ2v) is 8.73. The summed E-state index contributed by atoms with van der Waals surface area (Å²) in [4.78, 5) is 14.4. The molecule has 0 atom stereocenters. The number of hydrogen-bond acceptors (Lipinski definition) is 8. The Hall–Kier alpha value is -3.00. The molecule has 144 valence electrons. The SMILES string of the molecule is Cc1noc(C)c1Nc1nc2c(N)nc(-c3ccc(C(C)(C)C)cc3)nc2s1. The molecule has 4 rings (SSSR count). The summed E-state index contributed by atoms with van der Waals surface area (Å²) in [7, 11) is 0. The van der Waals surface area contributed by atoms with Crippen molar-refractivity contribution in [3.05, 3.63) is 41.3 Å². The van der Waals surface area contributed by atoms with Crippen molar-refractivity contribution in [2.45, 2.75) is 40.0 Å². The molecule has 0 saturated carbocycles. The van der Waals surface area contributed by atoms with Crippen molar-refractivity contribution < 1.29 is 4.52 Å². The predicted octanol–water partition coefficient (Wildman–Crippen LogP) is 4.98. The molecule has 0 amide bonds. The van der Waals surface area contributed by atoms with E-state index in [1.165, 1.54) is 16.9 Å². The van der Waals surface area contributed by atoms with Gasteiger partial charge in [-0.15, -0.1) is 0 Å². The number of fused-ring (bicyclic) bond motifs is 1. The first kappa shape index (κ1) is 18.4. The van der Waals surface area contributed by atoms with Gasteiger partial charge in [-0.25, -0.2) is 15.0 Å². The Morgan fingerprint density at radius 2 is 1.75 bits per heavy atom. The topological polar surface area (TPSA) is 103 Å². The van der Waals surface area contributed by atoms with Gasteiger partial charge in [-0.2, -0.15) is 0 Å². The molecule has 0 radical (unpaired) electrons. The van der Waals surface area contributed by atoms with E-state index in [2.05, 4.69) is 58.3 Å². The van der Waals surface area contributed by atoms with E-state index in [-0.39, 0.29) is 5.41 Å². The molecule has 7 nitrogen and oxygen atoms in total. The van der Waals surface area contributed by atoms with Crippen molar-refractivity contribution in [3.8, 4) is 11.4 Å². The van der Waals surface area contributed by atoms with Crippen LogP contribution in [-0.2, 0) is 5.41 Å². The van der Waals surface area contributed by atoms with Crippen molar-refractivity contribution in [1.29, 1.82) is 0 Å². The number of aromatic nitrogens is 4. The van der Waals surface area contributed by atoms with Crippen LogP contribution < -0.4 is 11.1 Å². The van der Waals surface area contributed by atoms with Crippen LogP contribution in [0, 0.1) is 13.8 Å². The Labute approximate surface area is 167 Å². The maximum absolute atomic E-state index is 6.17. The molecular formula is C20H22N6OS. The maximum atomic E-state index is 6.17. The van der Waals surface area contributed by atoms with Gasteiger partial charge >= 0.3 is 0 Å². The molecule has 0 aliphatic rings. The average Bonchev–Trinajstić information content (AvgIpc) is 3.19. The van der Waals surface area contributed by atoms with E-state index in [1.807, 2.05) is 26.0 Å². The molecule has 0 aliphatic carbocycles. The number of aryl methyl sites for hydroxylation is 2. The molecule has 0 spiro atoms. The van der Waals surface area contributed by atoms with E-state index in [1.54, 1.807) is 0 Å². The summed E-state index contributed by atoms with van der Waals surface area (Å²) >= 11 is 1.42. The monoisotopic (exact) mass is 394 g/mol. The van der Waals surface area contributed by atoms with E-state index in [0.717, 1.165) is 21.8 Å². The summed E-state index contributed by atoms with van der Waals surface area (Å²) in [5.41, 5.74) is 10.6. The highest BCUT2D eigenvalue weighted by Crippen LogP contribution is 2.33. The minimum Gasteiger partial charge on any atom is -0.382 e. The Morgan fingerprint density at radius 1 is 1.04 bits per heavy atom. The number of nitrogens with two attached hydrogens (primary N) is 1. The third kappa shape index (κ3) is 3.31. The number of nitrogens with zero attached hydrogens (tertiary/aromatic N) is 4. The molecular weight excluding hydrogens is 372 g/mol. The van der Waals surface area contributed by atoms with Crippen molar-refractivity contribution in [3.63, 3.8) is 0 Å². The van der Waals surface area contributed by atoms with Gasteiger partial charge < -0.3 is 15.6 Å². The second kappa shape index (κ2) is 6.56. The summed E-state index contributed by atoms with van der Waals surface area (Å²) in [5.74, 6) is 1.66. The third-order valence-corrected chi connectivity index (χ3v) is 5.42. The molecule has 0 unspecified atom stereocenters. The summed E-state index contributed by atoms with van der Waals surface area (Å²) in [6.07, 6.45) is 0. The van der Waals surface area contributed by atoms with Gasteiger partial charge in [0.15, 0.2) is 27.4 Å². The van der Waals surface area contributed by atoms with Crippen LogP contribution in [0.15, 0.2) is 28.8 Å². The quantitative estimate of drug-likeness (QED) is 0.505. The van der Waals surface area contributed by atoms with Crippen LogP contribution >= 0.6 is 11.3 Å². The van der Waals surface area contributed by atoms with Crippen molar-refractivity contribution >= 4 is 38.3 Å². The highest BCUT2D eigenvalue weighted by molar-refractivity contribution is 7.21. The van der Waals surface area contributed by atoms with Crippen LogP contribution in [0.3, 0.4) is 0 Å². The zero-order valence-corrected chi connectivity index (χ0v) is 17.3. The first-order chi connectivity index (χ1) is 13.2. The Morgan fingerprint density at radius 3 is 2.36 bits per heavy atom. The van der Waals surface area contributed by atoms with Crippen LogP contribution in [0.1, 0.15) is 37.8 Å². The van der Waals surface area contributed by atoms with Gasteiger partial charge in [0.05, 0.1) is 0 Å². The Balaban J connectivity index is 1.70. The van der Waals surface area contributed by atoms with Crippen molar-refractivity contribution in [1.82, 2.24) is 20.1 Å². The normalized spacial score (nSPS) is 11.9. The van der Waals surface area contributed by atoms with Gasteiger partial charge in [0.2, 0.25) is 0 Å². The van der Waals surface area contributed by atoms with Gasteiger partial charge in [0.1, 0.15) is 16.9 Å². The molecule has 0 saturated heterocycles. The standard InChI is InChI=1S/C20H22N6OS/c1-10-14(11(2)27-26-10)22-19-23-15-16(21)24-17(25-18(15)28-19)12-6-8-13(9-7-12)20(3,4)5/h6-9H,1-5H3,(H,22,23)(H2,21,24,25).